The molecule has 1 fully saturated rings. The Bertz CT molecular complexity index is 555. The van der Waals surface area contributed by atoms with Crippen molar-refractivity contribution in [3.8, 4) is 0 Å². The summed E-state index contributed by atoms with van der Waals surface area (Å²) in [4.78, 5) is 17.2. The quantitative estimate of drug-likeness (QED) is 0.787. The van der Waals surface area contributed by atoms with E-state index in [-0.39, 0.29) is 5.92 Å². The average molecular weight is 333 g/mol. The molecule has 124 valence electrons. The molecule has 1 aromatic carbocycles. The Morgan fingerprint density at radius 2 is 1.91 bits per heavy atom. The van der Waals surface area contributed by atoms with E-state index in [1.54, 1.807) is 0 Å². The van der Waals surface area contributed by atoms with Crippen molar-refractivity contribution in [1.29, 1.82) is 0 Å². The van der Waals surface area contributed by atoms with Crippen LogP contribution in [0, 0.1) is 5.92 Å². The lowest BCUT2D eigenvalue weighted by Gasteiger charge is -2.27. The predicted molar refractivity (Wildman–Crippen MR) is 94.4 cm³/mol. The highest BCUT2D eigenvalue weighted by molar-refractivity contribution is 6.30. The van der Waals surface area contributed by atoms with Crippen LogP contribution in [0.25, 0.3) is 0 Å². The maximum absolute atomic E-state index is 12.7. The Balaban J connectivity index is 1.53. The molecule has 23 heavy (non-hydrogen) atoms. The van der Waals surface area contributed by atoms with Gasteiger partial charge in [-0.15, -0.1) is 0 Å². The van der Waals surface area contributed by atoms with Crippen LogP contribution in [-0.4, -0.2) is 41.9 Å². The van der Waals surface area contributed by atoms with Gasteiger partial charge in [0.1, 0.15) is 0 Å². The third-order valence-corrected chi connectivity index (χ3v) is 5.09. The summed E-state index contributed by atoms with van der Waals surface area (Å²) >= 11 is 5.95. The average Bonchev–Trinajstić information content (AvgIpc) is 2.83. The Kier molecular flexibility index (Phi) is 5.74. The number of allylic oxidation sites excluding steroid dienone is 2. The van der Waals surface area contributed by atoms with E-state index in [1.165, 1.54) is 5.56 Å². The monoisotopic (exact) mass is 332 g/mol. The van der Waals surface area contributed by atoms with Crippen LogP contribution >= 0.6 is 11.6 Å². The van der Waals surface area contributed by atoms with Crippen molar-refractivity contribution in [2.75, 3.05) is 26.2 Å². The Morgan fingerprint density at radius 3 is 2.65 bits per heavy atom. The zero-order valence-corrected chi connectivity index (χ0v) is 14.3. The lowest BCUT2D eigenvalue weighted by atomic mass is 9.93. The standard InChI is InChI=1S/C19H25ClN2O/c20-18-9-7-16(8-10-18)15-21-11-4-12-22(14-13-21)19(23)17-5-2-1-3-6-17/h1-2,7-10,17H,3-6,11-15H2. The van der Waals surface area contributed by atoms with Gasteiger partial charge in [-0.3, -0.25) is 9.69 Å². The summed E-state index contributed by atoms with van der Waals surface area (Å²) in [6, 6.07) is 8.07. The number of halogens is 1. The lowest BCUT2D eigenvalue weighted by Crippen LogP contribution is -2.39. The number of amides is 1. The summed E-state index contributed by atoms with van der Waals surface area (Å²) in [7, 11) is 0. The van der Waals surface area contributed by atoms with Crippen LogP contribution < -0.4 is 0 Å². The Hall–Kier alpha value is -1.32. The van der Waals surface area contributed by atoms with E-state index in [2.05, 4.69) is 34.1 Å². The molecule has 1 aliphatic heterocycles. The SMILES string of the molecule is O=C(C1CC=CCC1)N1CCCN(Cc2ccc(Cl)cc2)CC1. The summed E-state index contributed by atoms with van der Waals surface area (Å²) in [6.45, 7) is 4.70. The molecule has 0 bridgehead atoms. The lowest BCUT2D eigenvalue weighted by molar-refractivity contribution is -0.135. The minimum atomic E-state index is 0.211. The molecule has 1 unspecified atom stereocenters. The molecule has 1 saturated heterocycles. The van der Waals surface area contributed by atoms with Crippen LogP contribution in [0.1, 0.15) is 31.2 Å². The van der Waals surface area contributed by atoms with E-state index in [0.717, 1.165) is 63.4 Å². The molecule has 1 atom stereocenters. The first-order valence-electron chi connectivity index (χ1n) is 8.63. The van der Waals surface area contributed by atoms with Crippen LogP contribution in [0.2, 0.25) is 5.02 Å². The summed E-state index contributed by atoms with van der Waals surface area (Å²) in [5.74, 6) is 0.575. The number of rotatable bonds is 3. The van der Waals surface area contributed by atoms with E-state index in [9.17, 15) is 4.79 Å². The number of hydrogen-bond donors (Lipinski definition) is 0. The van der Waals surface area contributed by atoms with Gasteiger partial charge in [0.25, 0.3) is 0 Å². The molecule has 3 rings (SSSR count). The van der Waals surface area contributed by atoms with E-state index in [4.69, 9.17) is 11.6 Å². The fraction of sp³-hybridized carbons (Fsp3) is 0.526. The highest BCUT2D eigenvalue weighted by Crippen LogP contribution is 2.21. The maximum Gasteiger partial charge on any atom is 0.226 e. The number of nitrogens with zero attached hydrogens (tertiary/aromatic N) is 2. The molecule has 0 N–H and O–H groups in total. The van der Waals surface area contributed by atoms with Crippen LogP contribution in [0.5, 0.6) is 0 Å². The summed E-state index contributed by atoms with van der Waals surface area (Å²) in [6.07, 6.45) is 8.40. The van der Waals surface area contributed by atoms with Crippen molar-refractivity contribution in [2.45, 2.75) is 32.2 Å². The van der Waals surface area contributed by atoms with Crippen LogP contribution in [0.15, 0.2) is 36.4 Å². The minimum absolute atomic E-state index is 0.211. The van der Waals surface area contributed by atoms with Crippen molar-refractivity contribution in [3.05, 3.63) is 47.0 Å². The molecule has 1 aliphatic carbocycles. The van der Waals surface area contributed by atoms with Crippen molar-refractivity contribution in [3.63, 3.8) is 0 Å². The van der Waals surface area contributed by atoms with Gasteiger partial charge in [0.2, 0.25) is 5.91 Å². The zero-order valence-electron chi connectivity index (χ0n) is 13.6. The number of carbonyl (C=O) groups excluding carboxylic acids is 1. The maximum atomic E-state index is 12.7. The fourth-order valence-electron chi connectivity index (χ4n) is 3.47. The predicted octanol–water partition coefficient (Wildman–Crippen LogP) is 3.73. The van der Waals surface area contributed by atoms with Crippen LogP contribution in [0.4, 0.5) is 0 Å². The topological polar surface area (TPSA) is 23.6 Å². The van der Waals surface area contributed by atoms with Gasteiger partial charge in [-0.1, -0.05) is 35.9 Å². The van der Waals surface area contributed by atoms with Crippen molar-refractivity contribution in [2.24, 2.45) is 5.92 Å². The molecule has 0 saturated carbocycles. The number of carbonyl (C=O) groups is 1. The molecule has 0 spiro atoms. The van der Waals surface area contributed by atoms with Crippen molar-refractivity contribution >= 4 is 17.5 Å². The first-order valence-corrected chi connectivity index (χ1v) is 9.01. The largest absolute Gasteiger partial charge is 0.341 e. The number of benzene rings is 1. The van der Waals surface area contributed by atoms with Gasteiger partial charge in [0, 0.05) is 43.7 Å². The molecule has 0 radical (unpaired) electrons. The second-order valence-corrected chi connectivity index (χ2v) is 7.00. The van der Waals surface area contributed by atoms with Gasteiger partial charge >= 0.3 is 0 Å². The van der Waals surface area contributed by atoms with Gasteiger partial charge in [-0.2, -0.15) is 0 Å². The molecule has 1 heterocycles. The second kappa shape index (κ2) is 7.98. The third kappa shape index (κ3) is 4.58. The first kappa shape index (κ1) is 16.5. The molecular formula is C19H25ClN2O. The molecule has 1 amide bonds. The van der Waals surface area contributed by atoms with Gasteiger partial charge in [-0.25, -0.2) is 0 Å². The summed E-state index contributed by atoms with van der Waals surface area (Å²) < 4.78 is 0. The first-order chi connectivity index (χ1) is 11.2. The van der Waals surface area contributed by atoms with E-state index < -0.39 is 0 Å². The summed E-state index contributed by atoms with van der Waals surface area (Å²) in [5.41, 5.74) is 1.28. The minimum Gasteiger partial charge on any atom is -0.341 e. The van der Waals surface area contributed by atoms with Gasteiger partial charge in [-0.05, 0) is 43.4 Å². The van der Waals surface area contributed by atoms with Gasteiger partial charge in [0.15, 0.2) is 0 Å². The second-order valence-electron chi connectivity index (χ2n) is 6.56. The Labute approximate surface area is 143 Å². The molecule has 1 aromatic rings. The van der Waals surface area contributed by atoms with Crippen LogP contribution in [-0.2, 0) is 11.3 Å². The highest BCUT2D eigenvalue weighted by atomic mass is 35.5. The molecular weight excluding hydrogens is 308 g/mol. The molecule has 2 aliphatic rings. The van der Waals surface area contributed by atoms with Crippen molar-refractivity contribution < 1.29 is 4.79 Å². The Morgan fingerprint density at radius 1 is 1.09 bits per heavy atom. The van der Waals surface area contributed by atoms with E-state index >= 15 is 0 Å². The van der Waals surface area contributed by atoms with Gasteiger partial charge in [0.05, 0.1) is 0 Å². The van der Waals surface area contributed by atoms with E-state index in [1.807, 2.05) is 12.1 Å². The fourth-order valence-corrected chi connectivity index (χ4v) is 3.60. The van der Waals surface area contributed by atoms with Crippen LogP contribution in [0.3, 0.4) is 0 Å². The molecule has 4 heteroatoms. The molecule has 0 aromatic heterocycles. The highest BCUT2D eigenvalue weighted by Gasteiger charge is 2.26. The van der Waals surface area contributed by atoms with Gasteiger partial charge < -0.3 is 4.90 Å². The van der Waals surface area contributed by atoms with E-state index in [0.29, 0.717) is 5.91 Å². The zero-order chi connectivity index (χ0) is 16.1. The van der Waals surface area contributed by atoms with Crippen molar-refractivity contribution in [1.82, 2.24) is 9.80 Å². The number of hydrogen-bond acceptors (Lipinski definition) is 2. The summed E-state index contributed by atoms with van der Waals surface area (Å²) in [5, 5.41) is 0.780. The smallest absolute Gasteiger partial charge is 0.226 e. The normalized spacial score (nSPS) is 22.8. The third-order valence-electron chi connectivity index (χ3n) is 4.84. The molecule has 3 nitrogen and oxygen atoms in total.